The predicted octanol–water partition coefficient (Wildman–Crippen LogP) is 2.64. The quantitative estimate of drug-likeness (QED) is 0.862. The average molecular weight is 349 g/mol. The molecule has 0 atom stereocenters. The van der Waals surface area contributed by atoms with Crippen molar-refractivity contribution in [3.05, 3.63) is 22.5 Å². The molecular weight excluding hydrogens is 326 g/mol. The normalized spacial score (nSPS) is 10.8. The largest absolute Gasteiger partial charge is 0.493 e. The molecular formula is C17H23N3O5. The summed E-state index contributed by atoms with van der Waals surface area (Å²) in [7, 11) is 3.00. The molecule has 2 rings (SSSR count). The second-order valence-electron chi connectivity index (χ2n) is 5.81. The van der Waals surface area contributed by atoms with Gasteiger partial charge in [0.25, 0.3) is 5.56 Å². The lowest BCUT2D eigenvalue weighted by Crippen LogP contribution is -2.29. The SMILES string of the molecule is CCOC(=O)Nc1nc2cc(OC)c(OC)cc2c(=O)n1CC(C)C. The van der Waals surface area contributed by atoms with Crippen LogP contribution in [0.4, 0.5) is 10.7 Å². The second-order valence-corrected chi connectivity index (χ2v) is 5.81. The van der Waals surface area contributed by atoms with Crippen molar-refractivity contribution in [1.29, 1.82) is 0 Å². The van der Waals surface area contributed by atoms with Gasteiger partial charge in [-0.15, -0.1) is 0 Å². The van der Waals surface area contributed by atoms with Crippen molar-refractivity contribution in [3.63, 3.8) is 0 Å². The molecule has 1 amide bonds. The van der Waals surface area contributed by atoms with Gasteiger partial charge >= 0.3 is 6.09 Å². The molecule has 0 radical (unpaired) electrons. The van der Waals surface area contributed by atoms with Crippen molar-refractivity contribution >= 4 is 22.9 Å². The summed E-state index contributed by atoms with van der Waals surface area (Å²) in [6.07, 6.45) is -0.660. The number of nitrogens with zero attached hydrogens (tertiary/aromatic N) is 2. The highest BCUT2D eigenvalue weighted by Gasteiger charge is 2.17. The number of amides is 1. The number of aromatic nitrogens is 2. The predicted molar refractivity (Wildman–Crippen MR) is 94.6 cm³/mol. The first kappa shape index (κ1) is 18.6. The molecule has 2 aromatic rings. The van der Waals surface area contributed by atoms with E-state index >= 15 is 0 Å². The Morgan fingerprint density at radius 1 is 1.24 bits per heavy atom. The number of methoxy groups -OCH3 is 2. The zero-order chi connectivity index (χ0) is 18.6. The lowest BCUT2D eigenvalue weighted by atomic mass is 10.2. The Kier molecular flexibility index (Phi) is 5.84. The van der Waals surface area contributed by atoms with Crippen LogP contribution in [0.15, 0.2) is 16.9 Å². The molecule has 0 spiro atoms. The van der Waals surface area contributed by atoms with Gasteiger partial charge in [-0.3, -0.25) is 14.7 Å². The fraction of sp³-hybridized carbons (Fsp3) is 0.471. The van der Waals surface area contributed by atoms with Crippen molar-refractivity contribution in [2.24, 2.45) is 5.92 Å². The number of hydrogen-bond donors (Lipinski definition) is 1. The summed E-state index contributed by atoms with van der Waals surface area (Å²) in [6, 6.07) is 3.19. The first-order valence-electron chi connectivity index (χ1n) is 8.01. The molecule has 0 fully saturated rings. The van der Waals surface area contributed by atoms with Crippen molar-refractivity contribution in [1.82, 2.24) is 9.55 Å². The number of anilines is 1. The molecule has 8 nitrogen and oxygen atoms in total. The molecule has 1 heterocycles. The highest BCUT2D eigenvalue weighted by Crippen LogP contribution is 2.30. The molecule has 0 aliphatic heterocycles. The average Bonchev–Trinajstić information content (AvgIpc) is 2.57. The van der Waals surface area contributed by atoms with Gasteiger partial charge < -0.3 is 14.2 Å². The zero-order valence-corrected chi connectivity index (χ0v) is 15.1. The van der Waals surface area contributed by atoms with Crippen LogP contribution in [0.3, 0.4) is 0 Å². The highest BCUT2D eigenvalue weighted by atomic mass is 16.5. The first-order valence-corrected chi connectivity index (χ1v) is 8.01. The molecule has 1 aromatic heterocycles. The van der Waals surface area contributed by atoms with Crippen LogP contribution in [0, 0.1) is 5.92 Å². The van der Waals surface area contributed by atoms with Crippen molar-refractivity contribution < 1.29 is 19.0 Å². The fourth-order valence-corrected chi connectivity index (χ4v) is 2.44. The van der Waals surface area contributed by atoms with Crippen molar-refractivity contribution in [2.45, 2.75) is 27.3 Å². The Hall–Kier alpha value is -2.77. The smallest absolute Gasteiger partial charge is 0.413 e. The number of carbonyl (C=O) groups excluding carboxylic acids is 1. The summed E-state index contributed by atoms with van der Waals surface area (Å²) in [6.45, 7) is 6.27. The third-order valence-electron chi connectivity index (χ3n) is 3.50. The van der Waals surface area contributed by atoms with Crippen LogP contribution in [-0.2, 0) is 11.3 Å². The van der Waals surface area contributed by atoms with E-state index in [1.807, 2.05) is 13.8 Å². The Bertz CT molecular complexity index is 829. The zero-order valence-electron chi connectivity index (χ0n) is 15.1. The fourth-order valence-electron chi connectivity index (χ4n) is 2.44. The van der Waals surface area contributed by atoms with Gasteiger partial charge in [0, 0.05) is 12.6 Å². The summed E-state index contributed by atoms with van der Waals surface area (Å²) < 4.78 is 16.8. The number of benzene rings is 1. The van der Waals surface area contributed by atoms with E-state index in [4.69, 9.17) is 14.2 Å². The van der Waals surface area contributed by atoms with Gasteiger partial charge in [0.1, 0.15) is 0 Å². The number of ether oxygens (including phenoxy) is 3. The number of carbonyl (C=O) groups is 1. The third kappa shape index (κ3) is 4.01. The summed E-state index contributed by atoms with van der Waals surface area (Å²) in [5.74, 6) is 1.21. The maximum absolute atomic E-state index is 12.9. The van der Waals surface area contributed by atoms with Crippen LogP contribution in [0.1, 0.15) is 20.8 Å². The molecule has 25 heavy (non-hydrogen) atoms. The number of hydrogen-bond acceptors (Lipinski definition) is 6. The minimum Gasteiger partial charge on any atom is -0.493 e. The maximum Gasteiger partial charge on any atom is 0.413 e. The Morgan fingerprint density at radius 2 is 1.88 bits per heavy atom. The topological polar surface area (TPSA) is 91.7 Å². The van der Waals surface area contributed by atoms with E-state index in [-0.39, 0.29) is 24.0 Å². The number of fused-ring (bicyclic) bond motifs is 1. The molecule has 0 aliphatic carbocycles. The summed E-state index contributed by atoms with van der Waals surface area (Å²) in [5, 5.41) is 2.92. The third-order valence-corrected chi connectivity index (χ3v) is 3.50. The molecule has 1 N–H and O–H groups in total. The molecule has 0 unspecified atom stereocenters. The molecule has 136 valence electrons. The van der Waals surface area contributed by atoms with Gasteiger partial charge in [0.15, 0.2) is 11.5 Å². The minimum absolute atomic E-state index is 0.136. The van der Waals surface area contributed by atoms with Gasteiger partial charge in [-0.25, -0.2) is 9.78 Å². The molecule has 0 saturated heterocycles. The van der Waals surface area contributed by atoms with Crippen molar-refractivity contribution in [2.75, 3.05) is 26.1 Å². The van der Waals surface area contributed by atoms with E-state index < -0.39 is 6.09 Å². The molecule has 1 aromatic carbocycles. The second kappa shape index (κ2) is 7.87. The summed E-state index contributed by atoms with van der Waals surface area (Å²) in [4.78, 5) is 29.1. The van der Waals surface area contributed by atoms with Crippen LogP contribution in [0.25, 0.3) is 10.9 Å². The van der Waals surface area contributed by atoms with Crippen LogP contribution in [-0.4, -0.2) is 36.5 Å². The molecule has 0 bridgehead atoms. The number of rotatable bonds is 6. The van der Waals surface area contributed by atoms with E-state index in [1.165, 1.54) is 18.8 Å². The van der Waals surface area contributed by atoms with Crippen LogP contribution in [0.5, 0.6) is 11.5 Å². The maximum atomic E-state index is 12.9. The highest BCUT2D eigenvalue weighted by molar-refractivity contribution is 5.86. The number of nitrogens with one attached hydrogen (secondary N) is 1. The standard InChI is InChI=1S/C17H23N3O5/c1-6-25-17(22)19-16-18-12-8-14(24-5)13(23-4)7-11(12)15(21)20(16)9-10(2)3/h7-8,10H,6,9H2,1-5H3,(H,18,19,22). The molecule has 0 saturated carbocycles. The Morgan fingerprint density at radius 3 is 2.44 bits per heavy atom. The Labute approximate surface area is 145 Å². The van der Waals surface area contributed by atoms with Crippen LogP contribution < -0.4 is 20.3 Å². The summed E-state index contributed by atoms with van der Waals surface area (Å²) >= 11 is 0. The lowest BCUT2D eigenvalue weighted by molar-refractivity contribution is 0.167. The lowest BCUT2D eigenvalue weighted by Gasteiger charge is -2.16. The minimum atomic E-state index is -0.660. The van der Waals surface area contributed by atoms with E-state index in [0.29, 0.717) is 28.9 Å². The van der Waals surface area contributed by atoms with Gasteiger partial charge in [0.2, 0.25) is 5.95 Å². The first-order chi connectivity index (χ1) is 11.9. The Balaban J connectivity index is 2.68. The van der Waals surface area contributed by atoms with E-state index in [2.05, 4.69) is 10.3 Å². The van der Waals surface area contributed by atoms with E-state index in [1.54, 1.807) is 19.1 Å². The van der Waals surface area contributed by atoms with Gasteiger partial charge in [-0.2, -0.15) is 0 Å². The van der Waals surface area contributed by atoms with Gasteiger partial charge in [-0.05, 0) is 18.9 Å². The monoisotopic (exact) mass is 349 g/mol. The van der Waals surface area contributed by atoms with Crippen molar-refractivity contribution in [3.8, 4) is 11.5 Å². The summed E-state index contributed by atoms with van der Waals surface area (Å²) in [5.41, 5.74) is 0.126. The van der Waals surface area contributed by atoms with Crippen LogP contribution >= 0.6 is 0 Å². The molecule has 8 heteroatoms. The van der Waals surface area contributed by atoms with E-state index in [0.717, 1.165) is 0 Å². The van der Waals surface area contributed by atoms with Gasteiger partial charge in [0.05, 0.1) is 31.7 Å². The van der Waals surface area contributed by atoms with Gasteiger partial charge in [-0.1, -0.05) is 13.8 Å². The molecule has 0 aliphatic rings. The van der Waals surface area contributed by atoms with Crippen LogP contribution in [0.2, 0.25) is 0 Å². The van der Waals surface area contributed by atoms with E-state index in [9.17, 15) is 9.59 Å².